The standard InChI is InChI=1S/C13H25N3S/c1-11(2)14-8-5-6-12-10-17-13(15-12)7-9-16(3)4/h10-11,14H,5-9H2,1-4H3. The number of likely N-dealkylation sites (N-methyl/N-ethyl adjacent to an activating group) is 1. The summed E-state index contributed by atoms with van der Waals surface area (Å²) in [4.78, 5) is 6.86. The molecule has 3 nitrogen and oxygen atoms in total. The number of rotatable bonds is 8. The predicted molar refractivity (Wildman–Crippen MR) is 75.8 cm³/mol. The zero-order valence-electron chi connectivity index (χ0n) is 11.5. The predicted octanol–water partition coefficient (Wildman–Crippen LogP) is 2.18. The first-order chi connectivity index (χ1) is 8.08. The maximum absolute atomic E-state index is 4.66. The largest absolute Gasteiger partial charge is 0.315 e. The van der Waals surface area contributed by atoms with Crippen molar-refractivity contribution < 1.29 is 0 Å². The van der Waals surface area contributed by atoms with Gasteiger partial charge in [0.1, 0.15) is 0 Å². The number of aryl methyl sites for hydroxylation is 1. The van der Waals surface area contributed by atoms with E-state index in [-0.39, 0.29) is 0 Å². The smallest absolute Gasteiger partial charge is 0.0941 e. The Kier molecular flexibility index (Phi) is 6.70. The SMILES string of the molecule is CC(C)NCCCc1csc(CCN(C)C)n1. The van der Waals surface area contributed by atoms with Gasteiger partial charge >= 0.3 is 0 Å². The van der Waals surface area contributed by atoms with E-state index in [0.717, 1.165) is 25.9 Å². The van der Waals surface area contributed by atoms with Gasteiger partial charge in [0, 0.05) is 24.4 Å². The Labute approximate surface area is 109 Å². The highest BCUT2D eigenvalue weighted by Crippen LogP contribution is 2.12. The Morgan fingerprint density at radius 2 is 2.12 bits per heavy atom. The van der Waals surface area contributed by atoms with Crippen LogP contribution in [-0.4, -0.2) is 43.1 Å². The third kappa shape index (κ3) is 6.76. The number of nitrogens with one attached hydrogen (secondary N) is 1. The molecule has 0 aliphatic rings. The first-order valence-corrected chi connectivity index (χ1v) is 7.27. The van der Waals surface area contributed by atoms with Crippen molar-refractivity contribution in [3.63, 3.8) is 0 Å². The summed E-state index contributed by atoms with van der Waals surface area (Å²) in [6.07, 6.45) is 3.34. The molecule has 0 atom stereocenters. The van der Waals surface area contributed by atoms with Gasteiger partial charge in [-0.05, 0) is 33.5 Å². The summed E-state index contributed by atoms with van der Waals surface area (Å²) in [6.45, 7) is 6.54. The molecule has 1 heterocycles. The number of aromatic nitrogens is 1. The van der Waals surface area contributed by atoms with E-state index in [1.165, 1.54) is 17.1 Å². The van der Waals surface area contributed by atoms with Gasteiger partial charge in [-0.2, -0.15) is 0 Å². The van der Waals surface area contributed by atoms with E-state index in [9.17, 15) is 0 Å². The summed E-state index contributed by atoms with van der Waals surface area (Å²) in [5, 5.41) is 6.91. The zero-order valence-corrected chi connectivity index (χ0v) is 12.3. The Hall–Kier alpha value is -0.450. The van der Waals surface area contributed by atoms with E-state index in [1.54, 1.807) is 11.3 Å². The number of hydrogen-bond donors (Lipinski definition) is 1. The van der Waals surface area contributed by atoms with Crippen LogP contribution < -0.4 is 5.32 Å². The lowest BCUT2D eigenvalue weighted by atomic mass is 10.2. The first kappa shape index (κ1) is 14.6. The molecule has 0 spiro atoms. The maximum atomic E-state index is 4.66. The fourth-order valence-corrected chi connectivity index (χ4v) is 2.38. The van der Waals surface area contributed by atoms with Crippen LogP contribution in [0.25, 0.3) is 0 Å². The molecule has 0 aliphatic carbocycles. The van der Waals surface area contributed by atoms with Crippen molar-refractivity contribution in [3.8, 4) is 0 Å². The fourth-order valence-electron chi connectivity index (χ4n) is 1.56. The monoisotopic (exact) mass is 255 g/mol. The highest BCUT2D eigenvalue weighted by atomic mass is 32.1. The average Bonchev–Trinajstić information content (AvgIpc) is 2.69. The van der Waals surface area contributed by atoms with Crippen LogP contribution in [0.15, 0.2) is 5.38 Å². The minimum atomic E-state index is 0.584. The molecule has 1 aromatic rings. The molecule has 17 heavy (non-hydrogen) atoms. The van der Waals surface area contributed by atoms with E-state index in [1.807, 2.05) is 0 Å². The van der Waals surface area contributed by atoms with E-state index in [4.69, 9.17) is 0 Å². The van der Waals surface area contributed by atoms with Crippen LogP contribution in [0, 0.1) is 0 Å². The van der Waals surface area contributed by atoms with Crippen LogP contribution in [-0.2, 0) is 12.8 Å². The van der Waals surface area contributed by atoms with E-state index < -0.39 is 0 Å². The van der Waals surface area contributed by atoms with Crippen molar-refractivity contribution in [2.45, 2.75) is 39.2 Å². The molecule has 0 aliphatic heterocycles. The van der Waals surface area contributed by atoms with E-state index >= 15 is 0 Å². The number of nitrogens with zero attached hydrogens (tertiary/aromatic N) is 2. The Bertz CT molecular complexity index is 307. The summed E-state index contributed by atoms with van der Waals surface area (Å²) >= 11 is 1.80. The van der Waals surface area contributed by atoms with Gasteiger partial charge in [-0.15, -0.1) is 11.3 Å². The minimum absolute atomic E-state index is 0.584. The van der Waals surface area contributed by atoms with Gasteiger partial charge in [0.05, 0.1) is 10.7 Å². The summed E-state index contributed by atoms with van der Waals surface area (Å²) < 4.78 is 0. The number of hydrogen-bond acceptors (Lipinski definition) is 4. The first-order valence-electron chi connectivity index (χ1n) is 6.39. The third-order valence-electron chi connectivity index (χ3n) is 2.53. The molecule has 1 rings (SSSR count). The van der Waals surface area contributed by atoms with Gasteiger partial charge in [-0.1, -0.05) is 13.8 Å². The average molecular weight is 255 g/mol. The molecule has 0 aromatic carbocycles. The van der Waals surface area contributed by atoms with Crippen LogP contribution in [0.2, 0.25) is 0 Å². The van der Waals surface area contributed by atoms with Gasteiger partial charge in [-0.25, -0.2) is 4.98 Å². The maximum Gasteiger partial charge on any atom is 0.0941 e. The molecule has 0 radical (unpaired) electrons. The van der Waals surface area contributed by atoms with Crippen molar-refractivity contribution in [2.24, 2.45) is 0 Å². The second-order valence-electron chi connectivity index (χ2n) is 5.00. The molecule has 0 saturated heterocycles. The lowest BCUT2D eigenvalue weighted by Crippen LogP contribution is -2.23. The van der Waals surface area contributed by atoms with Crippen LogP contribution >= 0.6 is 11.3 Å². The lowest BCUT2D eigenvalue weighted by Gasteiger charge is -2.07. The summed E-state index contributed by atoms with van der Waals surface area (Å²) in [5.41, 5.74) is 1.26. The molecule has 0 amide bonds. The molecule has 1 aromatic heterocycles. The highest BCUT2D eigenvalue weighted by Gasteiger charge is 2.02. The van der Waals surface area contributed by atoms with Crippen LogP contribution in [0.1, 0.15) is 31.0 Å². The molecule has 0 fully saturated rings. The lowest BCUT2D eigenvalue weighted by molar-refractivity contribution is 0.413. The molecule has 0 bridgehead atoms. The fraction of sp³-hybridized carbons (Fsp3) is 0.769. The van der Waals surface area contributed by atoms with E-state index in [2.05, 4.69) is 48.5 Å². The molecule has 0 saturated carbocycles. The molecule has 1 N–H and O–H groups in total. The topological polar surface area (TPSA) is 28.2 Å². The summed E-state index contributed by atoms with van der Waals surface area (Å²) in [5.74, 6) is 0. The van der Waals surface area contributed by atoms with Gasteiger partial charge in [0.2, 0.25) is 0 Å². The van der Waals surface area contributed by atoms with Crippen molar-refractivity contribution in [2.75, 3.05) is 27.2 Å². The quantitative estimate of drug-likeness (QED) is 0.722. The summed E-state index contributed by atoms with van der Waals surface area (Å²) in [6, 6.07) is 0.584. The highest BCUT2D eigenvalue weighted by molar-refractivity contribution is 7.09. The van der Waals surface area contributed by atoms with Crippen LogP contribution in [0.5, 0.6) is 0 Å². The van der Waals surface area contributed by atoms with Gasteiger partial charge in [0.15, 0.2) is 0 Å². The zero-order chi connectivity index (χ0) is 12.7. The molecule has 4 heteroatoms. The molecular formula is C13H25N3S. The van der Waals surface area contributed by atoms with E-state index in [0.29, 0.717) is 6.04 Å². The van der Waals surface area contributed by atoms with Crippen LogP contribution in [0.4, 0.5) is 0 Å². The van der Waals surface area contributed by atoms with Crippen molar-refractivity contribution in [3.05, 3.63) is 16.1 Å². The second-order valence-corrected chi connectivity index (χ2v) is 5.94. The third-order valence-corrected chi connectivity index (χ3v) is 3.49. The molecular weight excluding hydrogens is 230 g/mol. The van der Waals surface area contributed by atoms with Gasteiger partial charge in [0.25, 0.3) is 0 Å². The van der Waals surface area contributed by atoms with Crippen molar-refractivity contribution >= 4 is 11.3 Å². The Balaban J connectivity index is 2.21. The normalized spacial score (nSPS) is 11.6. The van der Waals surface area contributed by atoms with Crippen molar-refractivity contribution in [1.82, 2.24) is 15.2 Å². The minimum Gasteiger partial charge on any atom is -0.315 e. The Morgan fingerprint density at radius 3 is 2.76 bits per heavy atom. The summed E-state index contributed by atoms with van der Waals surface area (Å²) in [7, 11) is 4.21. The second kappa shape index (κ2) is 7.80. The van der Waals surface area contributed by atoms with Gasteiger partial charge in [-0.3, -0.25) is 0 Å². The van der Waals surface area contributed by atoms with Crippen LogP contribution in [0.3, 0.4) is 0 Å². The molecule has 98 valence electrons. The number of thiazole rings is 1. The van der Waals surface area contributed by atoms with Gasteiger partial charge < -0.3 is 10.2 Å². The molecule has 0 unspecified atom stereocenters. The Morgan fingerprint density at radius 1 is 1.35 bits per heavy atom. The van der Waals surface area contributed by atoms with Crippen molar-refractivity contribution in [1.29, 1.82) is 0 Å².